The minimum absolute atomic E-state index is 0.0801. The van der Waals surface area contributed by atoms with Crippen molar-refractivity contribution in [2.45, 2.75) is 51.1 Å². The van der Waals surface area contributed by atoms with Crippen LogP contribution < -0.4 is 5.32 Å². The maximum Gasteiger partial charge on any atom is 0.435 e. The zero-order chi connectivity index (χ0) is 21.4. The van der Waals surface area contributed by atoms with E-state index in [0.29, 0.717) is 37.1 Å². The lowest BCUT2D eigenvalue weighted by Gasteiger charge is -2.15. The molecule has 0 bridgehead atoms. The minimum atomic E-state index is -4.75. The molecule has 1 aliphatic rings. The quantitative estimate of drug-likeness (QED) is 0.748. The second-order valence-electron chi connectivity index (χ2n) is 6.76. The highest BCUT2D eigenvalue weighted by Gasteiger charge is 2.39. The van der Waals surface area contributed by atoms with Gasteiger partial charge in [-0.05, 0) is 49.4 Å². The number of halogens is 7. The largest absolute Gasteiger partial charge is 0.435 e. The van der Waals surface area contributed by atoms with Crippen molar-refractivity contribution in [3.63, 3.8) is 0 Å². The normalized spacial score (nSPS) is 14.6. The number of aromatic nitrogens is 2. The van der Waals surface area contributed by atoms with Crippen molar-refractivity contribution in [3.8, 4) is 0 Å². The summed E-state index contributed by atoms with van der Waals surface area (Å²) in [5.74, 6) is -1.85. The lowest BCUT2D eigenvalue weighted by atomic mass is 9.95. The molecular weight excluding hydrogens is 407 g/mol. The minimum Gasteiger partial charge on any atom is -0.350 e. The van der Waals surface area contributed by atoms with E-state index in [9.17, 15) is 35.5 Å². The van der Waals surface area contributed by atoms with Crippen molar-refractivity contribution in [2.24, 2.45) is 0 Å². The van der Waals surface area contributed by atoms with Gasteiger partial charge in [0.2, 0.25) is 5.91 Å². The number of amides is 1. The van der Waals surface area contributed by atoms with Crippen LogP contribution in [0.15, 0.2) is 18.2 Å². The summed E-state index contributed by atoms with van der Waals surface area (Å²) in [6, 6.07) is 1.87. The van der Waals surface area contributed by atoms with Crippen LogP contribution >= 0.6 is 0 Å². The molecule has 0 aliphatic heterocycles. The van der Waals surface area contributed by atoms with Gasteiger partial charge in [-0.15, -0.1) is 0 Å². The van der Waals surface area contributed by atoms with E-state index < -0.39 is 48.4 Å². The zero-order valence-electron chi connectivity index (χ0n) is 14.9. The van der Waals surface area contributed by atoms with Crippen molar-refractivity contribution in [3.05, 3.63) is 52.1 Å². The SMILES string of the molecule is O=C(Cn1nc(C(F)(F)F)c2c1CCCC2)NCc1cc(F)cc(C(F)(F)F)c1. The lowest BCUT2D eigenvalue weighted by Crippen LogP contribution is -2.28. The molecular formula is C18H16F7N3O. The van der Waals surface area contributed by atoms with Crippen LogP contribution in [0.5, 0.6) is 0 Å². The number of hydrogen-bond acceptors (Lipinski definition) is 2. The van der Waals surface area contributed by atoms with Gasteiger partial charge in [0.15, 0.2) is 5.69 Å². The molecule has 4 nitrogen and oxygen atoms in total. The van der Waals surface area contributed by atoms with E-state index in [1.165, 1.54) is 0 Å². The molecule has 0 saturated heterocycles. The van der Waals surface area contributed by atoms with Crippen molar-refractivity contribution in [2.75, 3.05) is 0 Å². The average Bonchev–Trinajstić information content (AvgIpc) is 2.98. The van der Waals surface area contributed by atoms with Crippen LogP contribution in [0.2, 0.25) is 0 Å². The Hall–Kier alpha value is -2.59. The third-order valence-corrected chi connectivity index (χ3v) is 4.59. The number of hydrogen-bond donors (Lipinski definition) is 1. The summed E-state index contributed by atoms with van der Waals surface area (Å²) in [6.07, 6.45) is -7.56. The van der Waals surface area contributed by atoms with Crippen LogP contribution in [0.3, 0.4) is 0 Å². The number of alkyl halides is 6. The number of carbonyl (C=O) groups excluding carboxylic acids is 1. The zero-order valence-corrected chi connectivity index (χ0v) is 14.9. The molecule has 1 aromatic heterocycles. The van der Waals surface area contributed by atoms with E-state index in [2.05, 4.69) is 10.4 Å². The van der Waals surface area contributed by atoms with Gasteiger partial charge in [-0.25, -0.2) is 4.39 Å². The van der Waals surface area contributed by atoms with Gasteiger partial charge in [-0.2, -0.15) is 31.4 Å². The smallest absolute Gasteiger partial charge is 0.350 e. The molecule has 0 atom stereocenters. The summed E-state index contributed by atoms with van der Waals surface area (Å²) in [6.45, 7) is -0.922. The number of nitrogens with one attached hydrogen (secondary N) is 1. The molecule has 1 aromatic carbocycles. The monoisotopic (exact) mass is 423 g/mol. The van der Waals surface area contributed by atoms with E-state index in [4.69, 9.17) is 0 Å². The van der Waals surface area contributed by atoms with Gasteiger partial charge in [0.05, 0.1) is 5.56 Å². The Balaban J connectivity index is 1.72. The first-order chi connectivity index (χ1) is 13.4. The third-order valence-electron chi connectivity index (χ3n) is 4.59. The molecule has 0 spiro atoms. The Morgan fingerprint density at radius 1 is 1.03 bits per heavy atom. The molecule has 158 valence electrons. The van der Waals surface area contributed by atoms with Crippen LogP contribution in [-0.4, -0.2) is 15.7 Å². The van der Waals surface area contributed by atoms with Gasteiger partial charge in [-0.1, -0.05) is 0 Å². The number of nitrogens with zero attached hydrogens (tertiary/aromatic N) is 2. The first kappa shape index (κ1) is 21.1. The molecule has 0 unspecified atom stereocenters. The van der Waals surface area contributed by atoms with E-state index in [1.807, 2.05) is 0 Å². The van der Waals surface area contributed by atoms with Crippen molar-refractivity contribution < 1.29 is 35.5 Å². The summed E-state index contributed by atoms with van der Waals surface area (Å²) >= 11 is 0. The lowest BCUT2D eigenvalue weighted by molar-refractivity contribution is -0.142. The number of carbonyl (C=O) groups is 1. The van der Waals surface area contributed by atoms with Gasteiger partial charge in [-0.3, -0.25) is 9.48 Å². The molecule has 0 saturated carbocycles. The Kier molecular flexibility index (Phi) is 5.59. The van der Waals surface area contributed by atoms with E-state index in [1.54, 1.807) is 0 Å². The Labute approximate surface area is 160 Å². The van der Waals surface area contributed by atoms with Crippen LogP contribution in [0.1, 0.15) is 40.9 Å². The maximum absolute atomic E-state index is 13.4. The standard InChI is InChI=1S/C18H16F7N3O/c19-12-6-10(5-11(7-12)17(20,21)22)8-26-15(29)9-28-14-4-2-1-3-13(14)16(27-28)18(23,24)25/h5-7H,1-4,8-9H2,(H,26,29). The molecule has 1 aliphatic carbocycles. The first-order valence-corrected chi connectivity index (χ1v) is 8.74. The van der Waals surface area contributed by atoms with Gasteiger partial charge >= 0.3 is 12.4 Å². The fourth-order valence-electron chi connectivity index (χ4n) is 3.34. The Morgan fingerprint density at radius 2 is 1.72 bits per heavy atom. The summed E-state index contributed by atoms with van der Waals surface area (Å²) in [7, 11) is 0. The summed E-state index contributed by atoms with van der Waals surface area (Å²) in [4.78, 5) is 12.1. The number of rotatable bonds is 4. The van der Waals surface area contributed by atoms with Crippen molar-refractivity contribution >= 4 is 5.91 Å². The molecule has 1 amide bonds. The highest BCUT2D eigenvalue weighted by Crippen LogP contribution is 2.35. The topological polar surface area (TPSA) is 46.9 Å². The molecule has 2 aromatic rings. The van der Waals surface area contributed by atoms with E-state index in [-0.39, 0.29) is 17.5 Å². The van der Waals surface area contributed by atoms with Crippen LogP contribution in [0, 0.1) is 5.82 Å². The summed E-state index contributed by atoms with van der Waals surface area (Å²) in [5, 5.41) is 5.83. The summed E-state index contributed by atoms with van der Waals surface area (Å²) in [5.41, 5.74) is -1.91. The number of fused-ring (bicyclic) bond motifs is 1. The van der Waals surface area contributed by atoms with Crippen LogP contribution in [0.4, 0.5) is 30.7 Å². The molecule has 0 fully saturated rings. The highest BCUT2D eigenvalue weighted by atomic mass is 19.4. The molecule has 1 heterocycles. The second kappa shape index (κ2) is 7.68. The fraction of sp³-hybridized carbons (Fsp3) is 0.444. The fourth-order valence-corrected chi connectivity index (χ4v) is 3.34. The van der Waals surface area contributed by atoms with E-state index in [0.717, 1.165) is 10.7 Å². The van der Waals surface area contributed by atoms with Crippen molar-refractivity contribution in [1.29, 1.82) is 0 Å². The molecule has 11 heteroatoms. The molecule has 0 radical (unpaired) electrons. The second-order valence-corrected chi connectivity index (χ2v) is 6.76. The average molecular weight is 423 g/mol. The van der Waals surface area contributed by atoms with Gasteiger partial charge in [0.25, 0.3) is 0 Å². The van der Waals surface area contributed by atoms with E-state index >= 15 is 0 Å². The molecule has 1 N–H and O–H groups in total. The van der Waals surface area contributed by atoms with Gasteiger partial charge in [0, 0.05) is 17.8 Å². The van der Waals surface area contributed by atoms with Gasteiger partial charge in [0.1, 0.15) is 12.4 Å². The van der Waals surface area contributed by atoms with Crippen molar-refractivity contribution in [1.82, 2.24) is 15.1 Å². The van der Waals surface area contributed by atoms with Crippen LogP contribution in [0.25, 0.3) is 0 Å². The molecule has 3 rings (SSSR count). The predicted molar refractivity (Wildman–Crippen MR) is 87.1 cm³/mol. The maximum atomic E-state index is 13.4. The summed E-state index contributed by atoms with van der Waals surface area (Å²) < 4.78 is 92.1. The third kappa shape index (κ3) is 4.88. The number of benzene rings is 1. The molecule has 29 heavy (non-hydrogen) atoms. The van der Waals surface area contributed by atoms with Gasteiger partial charge < -0.3 is 5.32 Å². The first-order valence-electron chi connectivity index (χ1n) is 8.74. The Morgan fingerprint density at radius 3 is 2.38 bits per heavy atom. The Bertz CT molecular complexity index is 915. The van der Waals surface area contributed by atoms with Crippen LogP contribution in [-0.2, 0) is 43.1 Å². The predicted octanol–water partition coefficient (Wildman–Crippen LogP) is 4.26. The highest BCUT2D eigenvalue weighted by molar-refractivity contribution is 5.75.